The summed E-state index contributed by atoms with van der Waals surface area (Å²) in [6, 6.07) is 12.7. The minimum absolute atomic E-state index is 0.0237. The summed E-state index contributed by atoms with van der Waals surface area (Å²) in [5.41, 5.74) is 3.52. The van der Waals surface area contributed by atoms with Crippen LogP contribution < -0.4 is 18.9 Å². The quantitative estimate of drug-likeness (QED) is 0.341. The molecule has 4 rings (SSSR count). The lowest BCUT2D eigenvalue weighted by Crippen LogP contribution is -2.35. The monoisotopic (exact) mass is 467 g/mol. The Balaban J connectivity index is 1.73. The predicted octanol–water partition coefficient (Wildman–Crippen LogP) is 4.61. The van der Waals surface area contributed by atoms with Crippen LogP contribution >= 0.6 is 11.3 Å². The van der Waals surface area contributed by atoms with Gasteiger partial charge >= 0.3 is 0 Å². The first kappa shape index (κ1) is 23.5. The highest BCUT2D eigenvalue weighted by atomic mass is 32.1. The first-order valence-electron chi connectivity index (χ1n) is 11.5. The zero-order valence-corrected chi connectivity index (χ0v) is 21.4. The van der Waals surface area contributed by atoms with Gasteiger partial charge in [0, 0.05) is 25.1 Å². The van der Waals surface area contributed by atoms with Crippen molar-refractivity contribution in [2.24, 2.45) is 12.0 Å². The summed E-state index contributed by atoms with van der Waals surface area (Å²) < 4.78 is 15.1. The van der Waals surface area contributed by atoms with Gasteiger partial charge < -0.3 is 19.3 Å². The fourth-order valence-corrected chi connectivity index (χ4v) is 5.80. The van der Waals surface area contributed by atoms with Crippen molar-refractivity contribution >= 4 is 33.1 Å². The number of aromatic nitrogens is 1. The van der Waals surface area contributed by atoms with Gasteiger partial charge in [-0.2, -0.15) is 4.57 Å². The second-order valence-electron chi connectivity index (χ2n) is 8.84. The topological polar surface area (TPSA) is 41.2 Å². The maximum atomic E-state index is 5.87. The molecule has 0 fully saturated rings. The molecule has 1 unspecified atom stereocenters. The number of nitrogens with zero attached hydrogens (tertiary/aromatic N) is 4. The molecule has 0 saturated heterocycles. The lowest BCUT2D eigenvalue weighted by atomic mass is 9.96. The number of thiazole rings is 1. The number of ether oxygens (including phenoxy) is 2. The van der Waals surface area contributed by atoms with Crippen LogP contribution in [0.3, 0.4) is 0 Å². The van der Waals surface area contributed by atoms with E-state index in [9.17, 15) is 0 Å². The molecule has 0 amide bonds. The molecule has 0 bridgehead atoms. The maximum Gasteiger partial charge on any atom is 0.240 e. The van der Waals surface area contributed by atoms with E-state index < -0.39 is 0 Å². The van der Waals surface area contributed by atoms with Gasteiger partial charge in [0.2, 0.25) is 10.5 Å². The van der Waals surface area contributed by atoms with Gasteiger partial charge in [-0.3, -0.25) is 4.99 Å². The first-order chi connectivity index (χ1) is 15.9. The molecule has 2 aromatic carbocycles. The molecular weight excluding hydrogens is 432 g/mol. The smallest absolute Gasteiger partial charge is 0.240 e. The van der Waals surface area contributed by atoms with E-state index in [1.54, 1.807) is 14.2 Å². The van der Waals surface area contributed by atoms with Crippen LogP contribution in [-0.2, 0) is 13.5 Å². The average Bonchev–Trinajstić information content (AvgIpc) is 3.13. The normalized spacial score (nSPS) is 15.7. The van der Waals surface area contributed by atoms with Gasteiger partial charge in [-0.15, -0.1) is 0 Å². The van der Waals surface area contributed by atoms with Crippen LogP contribution in [0.4, 0.5) is 5.69 Å². The number of anilines is 1. The Morgan fingerprint density at radius 3 is 2.58 bits per heavy atom. The van der Waals surface area contributed by atoms with Crippen molar-refractivity contribution in [1.29, 1.82) is 0 Å². The zero-order chi connectivity index (χ0) is 23.5. The molecule has 2 heterocycles. The van der Waals surface area contributed by atoms with Crippen LogP contribution in [-0.4, -0.2) is 52.6 Å². The summed E-state index contributed by atoms with van der Waals surface area (Å²) in [5, 5.41) is 1.30. The third kappa shape index (κ3) is 4.70. The van der Waals surface area contributed by atoms with Crippen molar-refractivity contribution in [3.8, 4) is 11.5 Å². The van der Waals surface area contributed by atoms with Crippen LogP contribution in [0, 0.1) is 0 Å². The summed E-state index contributed by atoms with van der Waals surface area (Å²) in [7, 11) is 11.9. The van der Waals surface area contributed by atoms with Crippen molar-refractivity contribution in [1.82, 2.24) is 4.90 Å². The molecule has 1 atom stereocenters. The Morgan fingerprint density at radius 2 is 1.88 bits per heavy atom. The number of hydrogen-bond acceptors (Lipinski definition) is 6. The molecule has 1 aromatic heterocycles. The van der Waals surface area contributed by atoms with Crippen molar-refractivity contribution in [3.05, 3.63) is 47.0 Å². The van der Waals surface area contributed by atoms with Crippen LogP contribution in [0.5, 0.6) is 11.5 Å². The molecule has 0 aliphatic carbocycles. The van der Waals surface area contributed by atoms with Gasteiger partial charge in [-0.05, 0) is 51.7 Å². The Labute approximate surface area is 201 Å². The Morgan fingerprint density at radius 1 is 1.09 bits per heavy atom. The predicted molar refractivity (Wildman–Crippen MR) is 137 cm³/mol. The third-order valence-electron chi connectivity index (χ3n) is 6.40. The molecule has 33 heavy (non-hydrogen) atoms. The van der Waals surface area contributed by atoms with Crippen LogP contribution in [0.15, 0.2) is 41.4 Å². The zero-order valence-electron chi connectivity index (χ0n) is 20.6. The molecule has 0 spiro atoms. The van der Waals surface area contributed by atoms with Crippen LogP contribution in [0.2, 0.25) is 0 Å². The molecule has 0 N–H and O–H groups in total. The number of aliphatic imine (C=N–C) groups is 1. The number of amidine groups is 1. The van der Waals surface area contributed by atoms with Crippen LogP contribution in [0.1, 0.15) is 35.9 Å². The highest BCUT2D eigenvalue weighted by Gasteiger charge is 2.33. The SMILES string of the molecule is COc1ccc2c(c1OC)C(Cc1sc3ccccc3[n+]1C)N=C(CCCCN(C)C)N2C. The Hall–Kier alpha value is -2.64. The molecule has 1 aliphatic heterocycles. The summed E-state index contributed by atoms with van der Waals surface area (Å²) >= 11 is 1.84. The first-order valence-corrected chi connectivity index (χ1v) is 12.3. The van der Waals surface area contributed by atoms with E-state index >= 15 is 0 Å². The number of methoxy groups -OCH3 is 2. The fourth-order valence-electron chi connectivity index (χ4n) is 4.61. The largest absolute Gasteiger partial charge is 0.493 e. The second-order valence-corrected chi connectivity index (χ2v) is 9.96. The molecule has 176 valence electrons. The summed E-state index contributed by atoms with van der Waals surface area (Å²) in [6.07, 6.45) is 4.07. The molecule has 1 aliphatic rings. The number of para-hydroxylation sites is 1. The Kier molecular flexibility index (Phi) is 7.20. The third-order valence-corrected chi connectivity index (χ3v) is 7.64. The average molecular weight is 468 g/mol. The van der Waals surface area contributed by atoms with Crippen LogP contribution in [0.25, 0.3) is 10.2 Å². The minimum atomic E-state index is -0.0237. The molecule has 6 nitrogen and oxygen atoms in total. The lowest BCUT2D eigenvalue weighted by Gasteiger charge is -2.33. The minimum Gasteiger partial charge on any atom is -0.493 e. The number of unbranched alkanes of at least 4 members (excludes halogenated alkanes) is 1. The van der Waals surface area contributed by atoms with E-state index in [-0.39, 0.29) is 6.04 Å². The van der Waals surface area contributed by atoms with Gasteiger partial charge in [-0.25, -0.2) is 0 Å². The molecule has 0 radical (unpaired) electrons. The van der Waals surface area contributed by atoms with Gasteiger partial charge in [0.05, 0.1) is 32.4 Å². The summed E-state index contributed by atoms with van der Waals surface area (Å²) in [5.74, 6) is 2.67. The number of rotatable bonds is 9. The molecule has 3 aromatic rings. The van der Waals surface area contributed by atoms with Gasteiger partial charge in [-0.1, -0.05) is 23.5 Å². The molecule has 0 saturated carbocycles. The van der Waals surface area contributed by atoms with Gasteiger partial charge in [0.1, 0.15) is 17.6 Å². The highest BCUT2D eigenvalue weighted by molar-refractivity contribution is 7.18. The number of benzene rings is 2. The van der Waals surface area contributed by atoms with E-state index in [2.05, 4.69) is 72.9 Å². The van der Waals surface area contributed by atoms with E-state index in [1.165, 1.54) is 15.2 Å². The van der Waals surface area contributed by atoms with E-state index in [4.69, 9.17) is 14.5 Å². The maximum absolute atomic E-state index is 5.87. The van der Waals surface area contributed by atoms with Crippen molar-refractivity contribution in [3.63, 3.8) is 0 Å². The summed E-state index contributed by atoms with van der Waals surface area (Å²) in [4.78, 5) is 9.77. The van der Waals surface area contributed by atoms with Gasteiger partial charge in [0.15, 0.2) is 11.5 Å². The van der Waals surface area contributed by atoms with Crippen molar-refractivity contribution < 1.29 is 14.0 Å². The second kappa shape index (κ2) is 10.1. The highest BCUT2D eigenvalue weighted by Crippen LogP contribution is 2.46. The fraction of sp³-hybridized carbons (Fsp3) is 0.462. The van der Waals surface area contributed by atoms with E-state index in [0.29, 0.717) is 0 Å². The Bertz CT molecular complexity index is 1150. The molecular formula is C26H35N4O2S+. The van der Waals surface area contributed by atoms with Crippen molar-refractivity contribution in [2.45, 2.75) is 31.7 Å². The lowest BCUT2D eigenvalue weighted by molar-refractivity contribution is -0.648. The van der Waals surface area contributed by atoms with E-state index in [1.807, 2.05) is 17.4 Å². The van der Waals surface area contributed by atoms with E-state index in [0.717, 1.165) is 60.8 Å². The number of aryl methyl sites for hydroxylation is 1. The number of hydrogen-bond donors (Lipinski definition) is 0. The standard InChI is InChI=1S/C26H35N4O2S/c1-28(2)16-10-9-13-23-27-18(17-24-30(4)19-11-7-8-12-22(19)33-24)25-20(29(23)3)14-15-21(31-5)26(25)32-6/h7-8,11-12,14-15,18H,9-10,13,16-17H2,1-6H3/q+1. The number of fused-ring (bicyclic) bond motifs is 2. The molecule has 7 heteroatoms. The van der Waals surface area contributed by atoms with Crippen molar-refractivity contribution in [2.75, 3.05) is 46.8 Å². The van der Waals surface area contributed by atoms with Gasteiger partial charge in [0.25, 0.3) is 0 Å². The summed E-state index contributed by atoms with van der Waals surface area (Å²) in [6.45, 7) is 1.10.